The van der Waals surface area contributed by atoms with E-state index >= 15 is 0 Å². The molecule has 0 aliphatic heterocycles. The van der Waals surface area contributed by atoms with Gasteiger partial charge in [0.15, 0.2) is 0 Å². The van der Waals surface area contributed by atoms with Gasteiger partial charge < -0.3 is 16.0 Å². The zero-order valence-corrected chi connectivity index (χ0v) is 11.9. The molecule has 0 unspecified atom stereocenters. The lowest BCUT2D eigenvalue weighted by molar-refractivity contribution is -0.119. The maximum atomic E-state index is 11.5. The molecule has 0 atom stereocenters. The lowest BCUT2D eigenvalue weighted by atomic mass is 10.2. The standard InChI is InChI=1S/C13H23N5O/c1-4-6-14-13-15-7-5-11(18-13)16-9-12(19)17-8-10(2)3/h5,7,10H,4,6,8-9H2,1-3H3,(H,17,19)(H2,14,15,16,18). The number of aromatic nitrogens is 2. The summed E-state index contributed by atoms with van der Waals surface area (Å²) in [4.78, 5) is 19.9. The molecule has 1 aromatic heterocycles. The monoisotopic (exact) mass is 265 g/mol. The number of hydrogen-bond acceptors (Lipinski definition) is 5. The van der Waals surface area contributed by atoms with Crippen LogP contribution >= 0.6 is 0 Å². The Kier molecular flexibility index (Phi) is 6.63. The van der Waals surface area contributed by atoms with E-state index in [2.05, 4.69) is 46.7 Å². The predicted octanol–water partition coefficient (Wildman–Crippen LogP) is 1.48. The van der Waals surface area contributed by atoms with Crippen LogP contribution < -0.4 is 16.0 Å². The zero-order chi connectivity index (χ0) is 14.1. The molecule has 0 fully saturated rings. The Morgan fingerprint density at radius 2 is 2.16 bits per heavy atom. The van der Waals surface area contributed by atoms with Gasteiger partial charge in [0.1, 0.15) is 5.82 Å². The molecule has 1 rings (SSSR count). The molecule has 106 valence electrons. The van der Waals surface area contributed by atoms with Crippen LogP contribution in [0.5, 0.6) is 0 Å². The summed E-state index contributed by atoms with van der Waals surface area (Å²) in [6.45, 7) is 7.94. The summed E-state index contributed by atoms with van der Waals surface area (Å²) in [5, 5.41) is 8.92. The first kappa shape index (κ1) is 15.2. The van der Waals surface area contributed by atoms with Crippen molar-refractivity contribution in [3.8, 4) is 0 Å². The molecular formula is C13H23N5O. The van der Waals surface area contributed by atoms with E-state index in [1.807, 2.05) is 0 Å². The summed E-state index contributed by atoms with van der Waals surface area (Å²) in [6.07, 6.45) is 2.68. The van der Waals surface area contributed by atoms with Gasteiger partial charge in [-0.2, -0.15) is 4.98 Å². The minimum Gasteiger partial charge on any atom is -0.361 e. The Hall–Kier alpha value is -1.85. The van der Waals surface area contributed by atoms with E-state index in [0.717, 1.165) is 13.0 Å². The summed E-state index contributed by atoms with van der Waals surface area (Å²) < 4.78 is 0. The van der Waals surface area contributed by atoms with Gasteiger partial charge in [-0.25, -0.2) is 4.98 Å². The first-order valence-corrected chi connectivity index (χ1v) is 6.69. The lowest BCUT2D eigenvalue weighted by Crippen LogP contribution is -2.32. The van der Waals surface area contributed by atoms with Crippen LogP contribution in [0.15, 0.2) is 12.3 Å². The molecule has 0 radical (unpaired) electrons. The SMILES string of the molecule is CCCNc1nccc(NCC(=O)NCC(C)C)n1. The van der Waals surface area contributed by atoms with Crippen LogP contribution in [-0.4, -0.2) is 35.5 Å². The number of amides is 1. The zero-order valence-electron chi connectivity index (χ0n) is 11.9. The van der Waals surface area contributed by atoms with E-state index in [9.17, 15) is 4.79 Å². The van der Waals surface area contributed by atoms with Crippen molar-refractivity contribution in [3.63, 3.8) is 0 Å². The average Bonchev–Trinajstić information content (AvgIpc) is 2.41. The molecule has 1 heterocycles. The number of nitrogens with zero attached hydrogens (tertiary/aromatic N) is 2. The molecule has 0 aromatic carbocycles. The number of nitrogens with one attached hydrogen (secondary N) is 3. The van der Waals surface area contributed by atoms with Crippen LogP contribution in [0, 0.1) is 5.92 Å². The van der Waals surface area contributed by atoms with E-state index in [1.54, 1.807) is 12.3 Å². The topological polar surface area (TPSA) is 78.9 Å². The molecule has 0 aliphatic rings. The third-order valence-corrected chi connectivity index (χ3v) is 2.33. The van der Waals surface area contributed by atoms with Crippen molar-refractivity contribution >= 4 is 17.7 Å². The van der Waals surface area contributed by atoms with Crippen LogP contribution in [0.1, 0.15) is 27.2 Å². The molecule has 0 spiro atoms. The minimum absolute atomic E-state index is 0.0321. The maximum absolute atomic E-state index is 11.5. The Morgan fingerprint density at radius 1 is 1.37 bits per heavy atom. The van der Waals surface area contributed by atoms with E-state index in [-0.39, 0.29) is 12.5 Å². The molecule has 0 saturated carbocycles. The average molecular weight is 265 g/mol. The minimum atomic E-state index is -0.0321. The Balaban J connectivity index is 2.38. The van der Waals surface area contributed by atoms with Gasteiger partial charge in [-0.1, -0.05) is 20.8 Å². The Morgan fingerprint density at radius 3 is 2.84 bits per heavy atom. The molecule has 0 saturated heterocycles. The van der Waals surface area contributed by atoms with Crippen molar-refractivity contribution in [2.75, 3.05) is 30.3 Å². The fourth-order valence-corrected chi connectivity index (χ4v) is 1.33. The molecule has 6 nitrogen and oxygen atoms in total. The first-order valence-electron chi connectivity index (χ1n) is 6.69. The van der Waals surface area contributed by atoms with Crippen LogP contribution in [0.3, 0.4) is 0 Å². The normalized spacial score (nSPS) is 10.3. The molecule has 1 aromatic rings. The molecule has 19 heavy (non-hydrogen) atoms. The fraction of sp³-hybridized carbons (Fsp3) is 0.615. The van der Waals surface area contributed by atoms with E-state index < -0.39 is 0 Å². The van der Waals surface area contributed by atoms with Crippen molar-refractivity contribution < 1.29 is 4.79 Å². The lowest BCUT2D eigenvalue weighted by Gasteiger charge is -2.09. The first-order chi connectivity index (χ1) is 9.11. The predicted molar refractivity (Wildman–Crippen MR) is 77.2 cm³/mol. The van der Waals surface area contributed by atoms with Gasteiger partial charge in [-0.3, -0.25) is 4.79 Å². The van der Waals surface area contributed by atoms with Crippen molar-refractivity contribution in [1.29, 1.82) is 0 Å². The highest BCUT2D eigenvalue weighted by Gasteiger charge is 2.03. The molecule has 6 heteroatoms. The van der Waals surface area contributed by atoms with E-state index in [0.29, 0.717) is 24.2 Å². The fourth-order valence-electron chi connectivity index (χ4n) is 1.33. The number of rotatable bonds is 8. The Labute approximate surface area is 114 Å². The summed E-state index contributed by atoms with van der Waals surface area (Å²) in [5.74, 6) is 1.64. The second-order valence-corrected chi connectivity index (χ2v) is 4.74. The second kappa shape index (κ2) is 8.29. The van der Waals surface area contributed by atoms with Crippen molar-refractivity contribution in [2.45, 2.75) is 27.2 Å². The van der Waals surface area contributed by atoms with E-state index in [1.165, 1.54) is 0 Å². The third kappa shape index (κ3) is 6.59. The van der Waals surface area contributed by atoms with Gasteiger partial charge in [0, 0.05) is 19.3 Å². The number of anilines is 2. The van der Waals surface area contributed by atoms with Gasteiger partial charge in [0.25, 0.3) is 0 Å². The summed E-state index contributed by atoms with van der Waals surface area (Å²) in [7, 11) is 0. The summed E-state index contributed by atoms with van der Waals surface area (Å²) in [6, 6.07) is 1.74. The van der Waals surface area contributed by atoms with E-state index in [4.69, 9.17) is 0 Å². The van der Waals surface area contributed by atoms with Crippen molar-refractivity contribution in [3.05, 3.63) is 12.3 Å². The smallest absolute Gasteiger partial charge is 0.239 e. The Bertz CT molecular complexity index is 394. The van der Waals surface area contributed by atoms with Crippen LogP contribution in [0.25, 0.3) is 0 Å². The molecular weight excluding hydrogens is 242 g/mol. The van der Waals surface area contributed by atoms with Gasteiger partial charge >= 0.3 is 0 Å². The number of hydrogen-bond donors (Lipinski definition) is 3. The molecule has 1 amide bonds. The maximum Gasteiger partial charge on any atom is 0.239 e. The van der Waals surface area contributed by atoms with Crippen LogP contribution in [-0.2, 0) is 4.79 Å². The molecule has 0 bridgehead atoms. The van der Waals surface area contributed by atoms with Crippen LogP contribution in [0.2, 0.25) is 0 Å². The summed E-state index contributed by atoms with van der Waals surface area (Å²) >= 11 is 0. The largest absolute Gasteiger partial charge is 0.361 e. The number of carbonyl (C=O) groups excluding carboxylic acids is 1. The molecule has 3 N–H and O–H groups in total. The van der Waals surface area contributed by atoms with Gasteiger partial charge in [-0.05, 0) is 18.4 Å². The van der Waals surface area contributed by atoms with Crippen LogP contribution in [0.4, 0.5) is 11.8 Å². The highest BCUT2D eigenvalue weighted by Crippen LogP contribution is 2.04. The summed E-state index contributed by atoms with van der Waals surface area (Å²) in [5.41, 5.74) is 0. The highest BCUT2D eigenvalue weighted by molar-refractivity contribution is 5.80. The quantitative estimate of drug-likeness (QED) is 0.663. The van der Waals surface area contributed by atoms with Gasteiger partial charge in [-0.15, -0.1) is 0 Å². The number of carbonyl (C=O) groups is 1. The second-order valence-electron chi connectivity index (χ2n) is 4.74. The van der Waals surface area contributed by atoms with Gasteiger partial charge in [0.05, 0.1) is 6.54 Å². The molecule has 0 aliphatic carbocycles. The van der Waals surface area contributed by atoms with Gasteiger partial charge in [0.2, 0.25) is 11.9 Å². The highest BCUT2D eigenvalue weighted by atomic mass is 16.1. The van der Waals surface area contributed by atoms with Crippen molar-refractivity contribution in [2.24, 2.45) is 5.92 Å². The third-order valence-electron chi connectivity index (χ3n) is 2.33. The van der Waals surface area contributed by atoms with Crippen molar-refractivity contribution in [1.82, 2.24) is 15.3 Å².